The van der Waals surface area contributed by atoms with Crippen LogP contribution in [0.25, 0.3) is 10.9 Å². The van der Waals surface area contributed by atoms with Crippen molar-refractivity contribution in [1.29, 1.82) is 0 Å². The Hall–Kier alpha value is -4.94. The smallest absolute Gasteiger partial charge is 0.416 e. The fourth-order valence-electron chi connectivity index (χ4n) is 6.47. The van der Waals surface area contributed by atoms with Crippen LogP contribution in [-0.4, -0.2) is 113 Å². The maximum absolute atomic E-state index is 14.3. The van der Waals surface area contributed by atoms with Crippen LogP contribution in [0.1, 0.15) is 27.0 Å². The van der Waals surface area contributed by atoms with E-state index in [0.717, 1.165) is 17.1 Å². The molecule has 0 aliphatic carbocycles. The van der Waals surface area contributed by atoms with Crippen LogP contribution in [0.15, 0.2) is 60.8 Å². The molecule has 3 aliphatic heterocycles. The summed E-state index contributed by atoms with van der Waals surface area (Å²) in [6, 6.07) is 7.29. The van der Waals surface area contributed by atoms with Crippen molar-refractivity contribution in [2.45, 2.75) is 30.7 Å². The van der Waals surface area contributed by atoms with Crippen molar-refractivity contribution in [3.05, 3.63) is 83.1 Å². The number of H-pyrrole nitrogens is 1. The van der Waals surface area contributed by atoms with E-state index >= 15 is 0 Å². The predicted octanol–water partition coefficient (Wildman–Crippen LogP) is 3.16. The first-order valence-corrected chi connectivity index (χ1v) is 15.8. The van der Waals surface area contributed by atoms with E-state index < -0.39 is 84.3 Å². The highest BCUT2D eigenvalue weighted by molar-refractivity contribution is 5.97. The second kappa shape index (κ2) is 13.6. The van der Waals surface area contributed by atoms with Crippen molar-refractivity contribution in [2.24, 2.45) is 0 Å². The third-order valence-corrected chi connectivity index (χ3v) is 8.98. The van der Waals surface area contributed by atoms with Gasteiger partial charge in [-0.05, 0) is 36.9 Å². The van der Waals surface area contributed by atoms with Crippen molar-refractivity contribution in [1.82, 2.24) is 30.1 Å². The van der Waals surface area contributed by atoms with Gasteiger partial charge in [0.2, 0.25) is 17.9 Å². The lowest BCUT2D eigenvalue weighted by Gasteiger charge is -2.53. The fourth-order valence-corrected chi connectivity index (χ4v) is 6.47. The standard InChI is InChI=1S/C33H32F6N6O6/c1-42-8-11-44(12-9-42)41-26(46)19-43-10-13-45(29(49)20-14-22(32(34,35)36)16-23(15-20)33(37,38)39)31(30(43)50-27(47)6-7-28(48)51-31)17-21-18-40-25-5-3-2-4-24(21)25/h2-7,14-16,18,30,40H,8-13,17,19H2,1H3,(H,41,46)/b7-6+/t30?,31-/m1/s1. The molecule has 2 fully saturated rings. The Morgan fingerprint density at radius 2 is 1.55 bits per heavy atom. The normalized spacial score (nSPS) is 23.2. The number of rotatable bonds is 6. The molecule has 272 valence electrons. The molecule has 0 bridgehead atoms. The molecule has 6 rings (SSSR count). The lowest BCUT2D eigenvalue weighted by atomic mass is 9.93. The molecule has 3 aliphatic rings. The average molecular weight is 723 g/mol. The molecule has 1 aromatic heterocycles. The minimum Gasteiger partial charge on any atom is -0.437 e. The van der Waals surface area contributed by atoms with E-state index in [1.807, 2.05) is 7.05 Å². The number of para-hydroxylation sites is 1. The molecule has 12 nitrogen and oxygen atoms in total. The number of hydrogen-bond donors (Lipinski definition) is 2. The molecule has 2 saturated heterocycles. The maximum atomic E-state index is 14.3. The molecule has 2 amide bonds. The molecular weight excluding hydrogens is 690 g/mol. The number of likely N-dealkylation sites (N-methyl/N-ethyl adjacent to an activating group) is 1. The summed E-state index contributed by atoms with van der Waals surface area (Å²) in [5.74, 6) is -4.14. The molecule has 3 aromatic rings. The van der Waals surface area contributed by atoms with Crippen LogP contribution in [0.5, 0.6) is 0 Å². The van der Waals surface area contributed by atoms with E-state index in [0.29, 0.717) is 42.6 Å². The summed E-state index contributed by atoms with van der Waals surface area (Å²) in [4.78, 5) is 61.2. The molecule has 2 aromatic carbocycles. The van der Waals surface area contributed by atoms with Crippen LogP contribution in [0.3, 0.4) is 0 Å². The minimum atomic E-state index is -5.26. The highest BCUT2D eigenvalue weighted by Crippen LogP contribution is 2.40. The minimum absolute atomic E-state index is 0.110. The Morgan fingerprint density at radius 3 is 2.22 bits per heavy atom. The topological polar surface area (TPSA) is 128 Å². The average Bonchev–Trinajstić information content (AvgIpc) is 3.47. The van der Waals surface area contributed by atoms with Gasteiger partial charge in [-0.1, -0.05) is 18.2 Å². The summed E-state index contributed by atoms with van der Waals surface area (Å²) in [6.07, 6.45) is -9.72. The second-order valence-corrected chi connectivity index (χ2v) is 12.5. The number of piperazine rings is 2. The number of fused-ring (bicyclic) bond motifs is 2. The Balaban J connectivity index is 1.46. The molecule has 2 N–H and O–H groups in total. The van der Waals surface area contributed by atoms with Crippen molar-refractivity contribution in [2.75, 3.05) is 52.9 Å². The van der Waals surface area contributed by atoms with Crippen molar-refractivity contribution in [3.8, 4) is 0 Å². The quantitative estimate of drug-likeness (QED) is 0.292. The van der Waals surface area contributed by atoms with Crippen molar-refractivity contribution >= 4 is 34.7 Å². The fraction of sp³-hybridized carbons (Fsp3) is 0.394. The summed E-state index contributed by atoms with van der Waals surface area (Å²) >= 11 is 0. The van der Waals surface area contributed by atoms with Gasteiger partial charge in [-0.25, -0.2) is 14.6 Å². The van der Waals surface area contributed by atoms with E-state index in [9.17, 15) is 45.5 Å². The number of hydrogen-bond acceptors (Lipinski definition) is 9. The molecule has 18 heteroatoms. The highest BCUT2D eigenvalue weighted by atomic mass is 19.4. The van der Waals surface area contributed by atoms with E-state index in [-0.39, 0.29) is 24.7 Å². The van der Waals surface area contributed by atoms with E-state index in [2.05, 4.69) is 15.3 Å². The lowest BCUT2D eigenvalue weighted by molar-refractivity contribution is -0.257. The summed E-state index contributed by atoms with van der Waals surface area (Å²) in [6.45, 7) is 1.17. The van der Waals surface area contributed by atoms with Gasteiger partial charge in [0.15, 0.2) is 0 Å². The zero-order valence-electron chi connectivity index (χ0n) is 27.0. The van der Waals surface area contributed by atoms with Gasteiger partial charge in [0.25, 0.3) is 5.91 Å². The van der Waals surface area contributed by atoms with Gasteiger partial charge in [0.05, 0.1) is 17.7 Å². The number of ether oxygens (including phenoxy) is 2. The van der Waals surface area contributed by atoms with Crippen LogP contribution >= 0.6 is 0 Å². The zero-order chi connectivity index (χ0) is 36.7. The Kier molecular flexibility index (Phi) is 9.60. The van der Waals surface area contributed by atoms with Crippen LogP contribution in [-0.2, 0) is 42.6 Å². The van der Waals surface area contributed by atoms with Crippen molar-refractivity contribution < 1.29 is 55.0 Å². The zero-order valence-corrected chi connectivity index (χ0v) is 27.0. The number of esters is 2. The number of aromatic nitrogens is 1. The number of nitrogens with zero attached hydrogens (tertiary/aromatic N) is 4. The number of carbonyl (C=O) groups excluding carboxylic acids is 4. The highest BCUT2D eigenvalue weighted by Gasteiger charge is 2.58. The molecule has 4 heterocycles. The maximum Gasteiger partial charge on any atom is 0.416 e. The first-order valence-electron chi connectivity index (χ1n) is 15.8. The number of halogens is 6. The summed E-state index contributed by atoms with van der Waals surface area (Å²) < 4.78 is 94.8. The Labute approximate surface area is 286 Å². The Morgan fingerprint density at radius 1 is 0.902 bits per heavy atom. The molecule has 51 heavy (non-hydrogen) atoms. The summed E-state index contributed by atoms with van der Waals surface area (Å²) in [5, 5.41) is 2.27. The van der Waals surface area contributed by atoms with E-state index in [4.69, 9.17) is 9.47 Å². The van der Waals surface area contributed by atoms with Gasteiger partial charge in [-0.2, -0.15) is 26.3 Å². The molecule has 0 radical (unpaired) electrons. The number of hydrazine groups is 1. The number of amides is 2. The van der Waals surface area contributed by atoms with Crippen LogP contribution in [0, 0.1) is 0 Å². The monoisotopic (exact) mass is 722 g/mol. The van der Waals surface area contributed by atoms with Crippen LogP contribution < -0.4 is 5.43 Å². The second-order valence-electron chi connectivity index (χ2n) is 12.5. The number of aromatic amines is 1. The Bertz CT molecular complexity index is 1840. The van der Waals surface area contributed by atoms with Crippen LogP contribution in [0.2, 0.25) is 0 Å². The van der Waals surface area contributed by atoms with Crippen molar-refractivity contribution in [3.63, 3.8) is 0 Å². The number of nitrogens with one attached hydrogen (secondary N) is 2. The van der Waals surface area contributed by atoms with Gasteiger partial charge in [-0.15, -0.1) is 0 Å². The molecular formula is C33H32F6N6O6. The van der Waals surface area contributed by atoms with E-state index in [1.165, 1.54) is 11.1 Å². The third kappa shape index (κ3) is 7.57. The lowest BCUT2D eigenvalue weighted by Crippen LogP contribution is -2.73. The SMILES string of the molecule is CN1CCN(NC(=O)CN2CCN(C(=O)c3cc(C(F)(F)F)cc(C(F)(F)F)c3)[C@]3(Cc4c[nH]c5ccccc45)OC(=O)/C=C/C(=O)OC23)CC1. The van der Waals surface area contributed by atoms with Gasteiger partial charge in [0, 0.05) is 80.5 Å². The number of benzene rings is 2. The molecule has 0 saturated carbocycles. The molecule has 0 spiro atoms. The van der Waals surface area contributed by atoms with E-state index in [1.54, 1.807) is 29.3 Å². The summed E-state index contributed by atoms with van der Waals surface area (Å²) in [5.41, 5.74) is -3.09. The third-order valence-electron chi connectivity index (χ3n) is 8.98. The number of alkyl halides is 6. The van der Waals surface area contributed by atoms with Gasteiger partial charge >= 0.3 is 24.3 Å². The molecule has 2 atom stereocenters. The predicted molar refractivity (Wildman–Crippen MR) is 166 cm³/mol. The summed E-state index contributed by atoms with van der Waals surface area (Å²) in [7, 11) is 1.93. The molecule has 1 unspecified atom stereocenters. The largest absolute Gasteiger partial charge is 0.437 e. The van der Waals surface area contributed by atoms with Crippen LogP contribution in [0.4, 0.5) is 26.3 Å². The van der Waals surface area contributed by atoms with Gasteiger partial charge in [-0.3, -0.25) is 24.8 Å². The van der Waals surface area contributed by atoms with Gasteiger partial charge in [0.1, 0.15) is 0 Å². The number of carbonyl (C=O) groups is 4. The van der Waals surface area contributed by atoms with Gasteiger partial charge < -0.3 is 19.4 Å². The first kappa shape index (κ1) is 35.9. The first-order chi connectivity index (χ1) is 24.0.